The standard InChI is InChI=1S/C10H11N3/c1-13(2)6-4-9-3-5-12-8-10(9)7-11/h3-6,8H,1-2H3/b6-4+. The van der Waals surface area contributed by atoms with Gasteiger partial charge in [-0.1, -0.05) is 0 Å². The van der Waals surface area contributed by atoms with Crippen LogP contribution in [0.3, 0.4) is 0 Å². The van der Waals surface area contributed by atoms with Crippen LogP contribution < -0.4 is 0 Å². The minimum absolute atomic E-state index is 0.598. The molecule has 0 bridgehead atoms. The smallest absolute Gasteiger partial charge is 0.101 e. The highest BCUT2D eigenvalue weighted by atomic mass is 15.0. The first-order valence-corrected chi connectivity index (χ1v) is 3.93. The van der Waals surface area contributed by atoms with Crippen molar-refractivity contribution in [3.63, 3.8) is 0 Å². The van der Waals surface area contributed by atoms with Gasteiger partial charge in [0.1, 0.15) is 6.07 Å². The van der Waals surface area contributed by atoms with Crippen LogP contribution in [0.5, 0.6) is 0 Å². The molecule has 3 nitrogen and oxygen atoms in total. The van der Waals surface area contributed by atoms with Gasteiger partial charge < -0.3 is 4.90 Å². The van der Waals surface area contributed by atoms with Crippen LogP contribution in [0.1, 0.15) is 11.1 Å². The van der Waals surface area contributed by atoms with E-state index >= 15 is 0 Å². The van der Waals surface area contributed by atoms with Gasteiger partial charge in [0.05, 0.1) is 5.56 Å². The summed E-state index contributed by atoms with van der Waals surface area (Å²) in [4.78, 5) is 5.79. The first-order valence-electron chi connectivity index (χ1n) is 3.93. The molecule has 0 aliphatic heterocycles. The zero-order chi connectivity index (χ0) is 9.68. The molecular weight excluding hydrogens is 162 g/mol. The zero-order valence-electron chi connectivity index (χ0n) is 7.73. The maximum atomic E-state index is 8.75. The van der Waals surface area contributed by atoms with Gasteiger partial charge in [0.2, 0.25) is 0 Å². The molecule has 1 heterocycles. The fourth-order valence-corrected chi connectivity index (χ4v) is 0.873. The van der Waals surface area contributed by atoms with Crippen molar-refractivity contribution in [3.8, 4) is 6.07 Å². The third-order valence-electron chi connectivity index (χ3n) is 1.53. The van der Waals surface area contributed by atoms with E-state index in [1.54, 1.807) is 12.4 Å². The van der Waals surface area contributed by atoms with Crippen molar-refractivity contribution in [1.82, 2.24) is 9.88 Å². The monoisotopic (exact) mass is 173 g/mol. The van der Waals surface area contributed by atoms with Gasteiger partial charge in [-0.25, -0.2) is 0 Å². The van der Waals surface area contributed by atoms with Gasteiger partial charge in [-0.05, 0) is 23.9 Å². The Morgan fingerprint density at radius 1 is 1.54 bits per heavy atom. The van der Waals surface area contributed by atoms with Gasteiger partial charge in [-0.3, -0.25) is 4.98 Å². The normalized spacial score (nSPS) is 9.92. The number of pyridine rings is 1. The van der Waals surface area contributed by atoms with Gasteiger partial charge in [-0.2, -0.15) is 5.26 Å². The van der Waals surface area contributed by atoms with E-state index in [2.05, 4.69) is 11.1 Å². The number of nitriles is 1. The van der Waals surface area contributed by atoms with Crippen molar-refractivity contribution < 1.29 is 0 Å². The molecule has 0 N–H and O–H groups in total. The molecule has 1 aromatic rings. The second kappa shape index (κ2) is 4.27. The predicted molar refractivity (Wildman–Crippen MR) is 51.7 cm³/mol. The van der Waals surface area contributed by atoms with E-state index in [0.717, 1.165) is 5.56 Å². The van der Waals surface area contributed by atoms with E-state index in [1.807, 2.05) is 37.3 Å². The molecule has 0 amide bonds. The van der Waals surface area contributed by atoms with Crippen molar-refractivity contribution in [2.24, 2.45) is 0 Å². The van der Waals surface area contributed by atoms with E-state index < -0.39 is 0 Å². The van der Waals surface area contributed by atoms with Crippen LogP contribution in [0.15, 0.2) is 24.7 Å². The summed E-state index contributed by atoms with van der Waals surface area (Å²) in [5.74, 6) is 0. The summed E-state index contributed by atoms with van der Waals surface area (Å²) in [5, 5.41) is 8.75. The number of rotatable bonds is 2. The van der Waals surface area contributed by atoms with E-state index in [-0.39, 0.29) is 0 Å². The molecule has 0 saturated carbocycles. The predicted octanol–water partition coefficient (Wildman–Crippen LogP) is 1.49. The second-order valence-electron chi connectivity index (χ2n) is 2.85. The van der Waals surface area contributed by atoms with E-state index in [1.165, 1.54) is 0 Å². The van der Waals surface area contributed by atoms with Gasteiger partial charge in [-0.15, -0.1) is 0 Å². The average Bonchev–Trinajstić information content (AvgIpc) is 2.15. The molecule has 0 aromatic carbocycles. The molecule has 0 aliphatic carbocycles. The number of hydrogen-bond donors (Lipinski definition) is 0. The van der Waals surface area contributed by atoms with Crippen molar-refractivity contribution in [3.05, 3.63) is 35.8 Å². The third kappa shape index (κ3) is 2.60. The molecule has 1 aromatic heterocycles. The van der Waals surface area contributed by atoms with Crippen LogP contribution in [0, 0.1) is 11.3 Å². The third-order valence-corrected chi connectivity index (χ3v) is 1.53. The topological polar surface area (TPSA) is 39.9 Å². The Morgan fingerprint density at radius 3 is 2.92 bits per heavy atom. The highest BCUT2D eigenvalue weighted by molar-refractivity contribution is 5.56. The Balaban J connectivity index is 2.95. The molecule has 0 spiro atoms. The van der Waals surface area contributed by atoms with Gasteiger partial charge in [0, 0.05) is 26.5 Å². The SMILES string of the molecule is CN(C)/C=C/c1ccncc1C#N. The van der Waals surface area contributed by atoms with Crippen LogP contribution in [0.2, 0.25) is 0 Å². The maximum Gasteiger partial charge on any atom is 0.101 e. The number of nitrogens with zero attached hydrogens (tertiary/aromatic N) is 3. The summed E-state index contributed by atoms with van der Waals surface area (Å²) >= 11 is 0. The molecule has 0 atom stereocenters. The lowest BCUT2D eigenvalue weighted by molar-refractivity contribution is 0.567. The molecule has 13 heavy (non-hydrogen) atoms. The lowest BCUT2D eigenvalue weighted by atomic mass is 10.1. The van der Waals surface area contributed by atoms with Crippen LogP contribution in [-0.4, -0.2) is 24.0 Å². The number of aromatic nitrogens is 1. The van der Waals surface area contributed by atoms with Crippen LogP contribution in [0.25, 0.3) is 6.08 Å². The van der Waals surface area contributed by atoms with Crippen LogP contribution >= 0.6 is 0 Å². The fraction of sp³-hybridized carbons (Fsp3) is 0.200. The Hall–Kier alpha value is -1.82. The zero-order valence-corrected chi connectivity index (χ0v) is 7.73. The van der Waals surface area contributed by atoms with E-state index in [4.69, 9.17) is 5.26 Å². The summed E-state index contributed by atoms with van der Waals surface area (Å²) < 4.78 is 0. The molecule has 0 radical (unpaired) electrons. The van der Waals surface area contributed by atoms with E-state index in [9.17, 15) is 0 Å². The van der Waals surface area contributed by atoms with Gasteiger partial charge in [0.15, 0.2) is 0 Å². The lowest BCUT2D eigenvalue weighted by Crippen LogP contribution is -1.99. The first-order chi connectivity index (χ1) is 6.24. The molecule has 0 aliphatic rings. The summed E-state index contributed by atoms with van der Waals surface area (Å²) in [6.07, 6.45) is 7.03. The lowest BCUT2D eigenvalue weighted by Gasteiger charge is -2.03. The Bertz CT molecular complexity index is 347. The molecule has 0 fully saturated rings. The molecule has 3 heteroatoms. The Labute approximate surface area is 77.9 Å². The molecule has 66 valence electrons. The Kier molecular flexibility index (Phi) is 3.04. The van der Waals surface area contributed by atoms with Crippen molar-refractivity contribution >= 4 is 6.08 Å². The minimum Gasteiger partial charge on any atom is -0.383 e. The Morgan fingerprint density at radius 2 is 2.31 bits per heavy atom. The first kappa shape index (κ1) is 9.27. The summed E-state index contributed by atoms with van der Waals surface area (Å²) in [5.41, 5.74) is 1.49. The highest BCUT2D eigenvalue weighted by Crippen LogP contribution is 2.07. The van der Waals surface area contributed by atoms with Crippen molar-refractivity contribution in [1.29, 1.82) is 5.26 Å². The molecular formula is C10H11N3. The van der Waals surface area contributed by atoms with Crippen molar-refractivity contribution in [2.45, 2.75) is 0 Å². The van der Waals surface area contributed by atoms with Crippen LogP contribution in [0.4, 0.5) is 0 Å². The molecule has 0 saturated heterocycles. The largest absolute Gasteiger partial charge is 0.383 e. The minimum atomic E-state index is 0.598. The van der Waals surface area contributed by atoms with Gasteiger partial charge >= 0.3 is 0 Å². The molecule has 1 rings (SSSR count). The van der Waals surface area contributed by atoms with Gasteiger partial charge in [0.25, 0.3) is 0 Å². The highest BCUT2D eigenvalue weighted by Gasteiger charge is 1.95. The quantitative estimate of drug-likeness (QED) is 0.680. The average molecular weight is 173 g/mol. The van der Waals surface area contributed by atoms with Crippen molar-refractivity contribution in [2.75, 3.05) is 14.1 Å². The maximum absolute atomic E-state index is 8.75. The van der Waals surface area contributed by atoms with Crippen LogP contribution in [-0.2, 0) is 0 Å². The number of hydrogen-bond acceptors (Lipinski definition) is 3. The summed E-state index contributed by atoms with van der Waals surface area (Å²) in [7, 11) is 3.87. The summed E-state index contributed by atoms with van der Waals surface area (Å²) in [6, 6.07) is 3.91. The fourth-order valence-electron chi connectivity index (χ4n) is 0.873. The molecule has 0 unspecified atom stereocenters. The summed E-state index contributed by atoms with van der Waals surface area (Å²) in [6.45, 7) is 0. The second-order valence-corrected chi connectivity index (χ2v) is 2.85. The van der Waals surface area contributed by atoms with E-state index in [0.29, 0.717) is 5.56 Å².